The molecule has 0 aliphatic rings. The summed E-state index contributed by atoms with van der Waals surface area (Å²) >= 11 is 0. The van der Waals surface area contributed by atoms with Gasteiger partial charge in [-0.15, -0.1) is 0 Å². The molecular weight excluding hydrogens is 278 g/mol. The molecule has 0 bridgehead atoms. The molecule has 2 N–H and O–H groups in total. The van der Waals surface area contributed by atoms with Crippen LogP contribution in [0.4, 0.5) is 0 Å². The molecule has 0 fully saturated rings. The van der Waals surface area contributed by atoms with Crippen LogP contribution in [0, 0.1) is 0 Å². The number of rotatable bonds is 7. The van der Waals surface area contributed by atoms with Crippen molar-refractivity contribution in [1.82, 2.24) is 15.1 Å². The largest absolute Gasteiger partial charge is 0.497 e. The molecule has 1 aromatic carbocycles. The summed E-state index contributed by atoms with van der Waals surface area (Å²) < 4.78 is 7.06. The number of aliphatic hydroxyl groups is 1. The van der Waals surface area contributed by atoms with E-state index in [0.717, 1.165) is 16.9 Å². The van der Waals surface area contributed by atoms with Crippen molar-refractivity contribution in [3.8, 4) is 5.75 Å². The van der Waals surface area contributed by atoms with Gasteiger partial charge < -0.3 is 15.2 Å². The minimum absolute atomic E-state index is 0.139. The first kappa shape index (κ1) is 16.5. The van der Waals surface area contributed by atoms with Crippen LogP contribution >= 0.6 is 0 Å². The molecule has 0 radical (unpaired) electrons. The van der Waals surface area contributed by atoms with E-state index in [4.69, 9.17) is 4.74 Å². The Labute approximate surface area is 131 Å². The van der Waals surface area contributed by atoms with E-state index in [1.54, 1.807) is 7.11 Å². The topological polar surface area (TPSA) is 59.3 Å². The molecule has 2 atom stereocenters. The average Bonchev–Trinajstić information content (AvgIpc) is 3.02. The van der Waals surface area contributed by atoms with E-state index in [9.17, 15) is 5.11 Å². The lowest BCUT2D eigenvalue weighted by atomic mass is 10.1. The molecule has 0 aliphatic heterocycles. The standard InChI is InChI=1S/C17H25N3O2/c1-12(2)20-11-15(9-19-20)13(3)18-10-17(21)14-5-7-16(22-4)8-6-14/h5-9,11-13,17-18,21H,10H2,1-4H3. The molecule has 5 heteroatoms. The van der Waals surface area contributed by atoms with E-state index >= 15 is 0 Å². The van der Waals surface area contributed by atoms with Gasteiger partial charge in [0.1, 0.15) is 5.75 Å². The van der Waals surface area contributed by atoms with Gasteiger partial charge in [0.25, 0.3) is 0 Å². The minimum Gasteiger partial charge on any atom is -0.497 e. The zero-order chi connectivity index (χ0) is 16.1. The highest BCUT2D eigenvalue weighted by Gasteiger charge is 2.12. The maximum atomic E-state index is 10.2. The summed E-state index contributed by atoms with van der Waals surface area (Å²) in [5, 5.41) is 17.9. The molecule has 120 valence electrons. The number of aromatic nitrogens is 2. The summed E-state index contributed by atoms with van der Waals surface area (Å²) in [6.07, 6.45) is 3.37. The van der Waals surface area contributed by atoms with E-state index in [0.29, 0.717) is 12.6 Å². The quantitative estimate of drug-likeness (QED) is 0.826. The molecule has 0 amide bonds. The van der Waals surface area contributed by atoms with E-state index < -0.39 is 6.10 Å². The fourth-order valence-corrected chi connectivity index (χ4v) is 2.21. The summed E-state index contributed by atoms with van der Waals surface area (Å²) in [7, 11) is 1.63. The highest BCUT2D eigenvalue weighted by Crippen LogP contribution is 2.19. The smallest absolute Gasteiger partial charge is 0.118 e. The van der Waals surface area contributed by atoms with Gasteiger partial charge in [-0.05, 0) is 38.5 Å². The SMILES string of the molecule is COc1ccc(C(O)CNC(C)c2cnn(C(C)C)c2)cc1. The zero-order valence-corrected chi connectivity index (χ0v) is 13.7. The molecule has 22 heavy (non-hydrogen) atoms. The second-order valence-corrected chi connectivity index (χ2v) is 5.77. The van der Waals surface area contributed by atoms with Crippen molar-refractivity contribution in [2.45, 2.75) is 39.0 Å². The number of aliphatic hydroxyl groups excluding tert-OH is 1. The number of ether oxygens (including phenoxy) is 1. The fraction of sp³-hybridized carbons (Fsp3) is 0.471. The molecule has 5 nitrogen and oxygen atoms in total. The summed E-state index contributed by atoms with van der Waals surface area (Å²) in [5.41, 5.74) is 1.99. The lowest BCUT2D eigenvalue weighted by molar-refractivity contribution is 0.170. The van der Waals surface area contributed by atoms with Crippen molar-refractivity contribution >= 4 is 0 Å². The highest BCUT2D eigenvalue weighted by molar-refractivity contribution is 5.28. The molecule has 2 aromatic rings. The monoisotopic (exact) mass is 303 g/mol. The summed E-state index contributed by atoms with van der Waals surface area (Å²) in [5.74, 6) is 0.790. The molecule has 2 rings (SSSR count). The highest BCUT2D eigenvalue weighted by atomic mass is 16.5. The molecule has 1 heterocycles. The molecule has 0 aliphatic carbocycles. The normalized spacial score (nSPS) is 14.1. The van der Waals surface area contributed by atoms with Gasteiger partial charge in [0.2, 0.25) is 0 Å². The van der Waals surface area contributed by atoms with Crippen LogP contribution in [0.1, 0.15) is 50.1 Å². The van der Waals surface area contributed by atoms with Crippen molar-refractivity contribution in [3.63, 3.8) is 0 Å². The summed E-state index contributed by atoms with van der Waals surface area (Å²) in [6.45, 7) is 6.76. The van der Waals surface area contributed by atoms with E-state index in [1.165, 1.54) is 0 Å². The van der Waals surface area contributed by atoms with Gasteiger partial charge in [-0.2, -0.15) is 5.10 Å². The second-order valence-electron chi connectivity index (χ2n) is 5.77. The Balaban J connectivity index is 1.90. The first-order chi connectivity index (χ1) is 10.5. The van der Waals surface area contributed by atoms with Crippen molar-refractivity contribution in [1.29, 1.82) is 0 Å². The number of hydrogen-bond acceptors (Lipinski definition) is 4. The third-order valence-corrected chi connectivity index (χ3v) is 3.77. The van der Waals surface area contributed by atoms with Crippen LogP contribution in [-0.4, -0.2) is 28.5 Å². The van der Waals surface area contributed by atoms with Gasteiger partial charge in [0, 0.05) is 30.4 Å². The van der Waals surface area contributed by atoms with Gasteiger partial charge >= 0.3 is 0 Å². The maximum Gasteiger partial charge on any atom is 0.118 e. The average molecular weight is 303 g/mol. The van der Waals surface area contributed by atoms with Crippen molar-refractivity contribution < 1.29 is 9.84 Å². The minimum atomic E-state index is -0.548. The van der Waals surface area contributed by atoms with Crippen LogP contribution < -0.4 is 10.1 Å². The van der Waals surface area contributed by atoms with Crippen molar-refractivity contribution in [2.24, 2.45) is 0 Å². The summed E-state index contributed by atoms with van der Waals surface area (Å²) in [6, 6.07) is 7.97. The van der Waals surface area contributed by atoms with Crippen molar-refractivity contribution in [3.05, 3.63) is 47.8 Å². The van der Waals surface area contributed by atoms with E-state index in [1.807, 2.05) is 41.3 Å². The molecule has 0 saturated carbocycles. The van der Waals surface area contributed by atoms with Crippen LogP contribution in [0.3, 0.4) is 0 Å². The van der Waals surface area contributed by atoms with Crippen LogP contribution in [0.2, 0.25) is 0 Å². The van der Waals surface area contributed by atoms with Crippen LogP contribution in [-0.2, 0) is 0 Å². The number of nitrogens with one attached hydrogen (secondary N) is 1. The third-order valence-electron chi connectivity index (χ3n) is 3.77. The predicted molar refractivity (Wildman–Crippen MR) is 87.0 cm³/mol. The van der Waals surface area contributed by atoms with Gasteiger partial charge in [0.05, 0.1) is 19.4 Å². The number of methoxy groups -OCH3 is 1. The lowest BCUT2D eigenvalue weighted by Gasteiger charge is -2.17. The Morgan fingerprint density at radius 1 is 1.18 bits per heavy atom. The molecule has 2 unspecified atom stereocenters. The maximum absolute atomic E-state index is 10.2. The van der Waals surface area contributed by atoms with Crippen LogP contribution in [0.15, 0.2) is 36.7 Å². The van der Waals surface area contributed by atoms with Crippen molar-refractivity contribution in [2.75, 3.05) is 13.7 Å². The third kappa shape index (κ3) is 4.08. The van der Waals surface area contributed by atoms with Gasteiger partial charge in [-0.25, -0.2) is 0 Å². The lowest BCUT2D eigenvalue weighted by Crippen LogP contribution is -2.24. The van der Waals surface area contributed by atoms with Gasteiger partial charge in [-0.1, -0.05) is 12.1 Å². The number of nitrogens with zero attached hydrogens (tertiary/aromatic N) is 2. The van der Waals surface area contributed by atoms with Crippen LogP contribution in [0.5, 0.6) is 5.75 Å². The van der Waals surface area contributed by atoms with Gasteiger partial charge in [-0.3, -0.25) is 4.68 Å². The number of hydrogen-bond donors (Lipinski definition) is 2. The Hall–Kier alpha value is -1.85. The first-order valence-corrected chi connectivity index (χ1v) is 7.60. The predicted octanol–water partition coefficient (Wildman–Crippen LogP) is 2.86. The number of benzene rings is 1. The molecule has 0 spiro atoms. The van der Waals surface area contributed by atoms with E-state index in [-0.39, 0.29) is 6.04 Å². The van der Waals surface area contributed by atoms with Gasteiger partial charge in [0.15, 0.2) is 0 Å². The zero-order valence-electron chi connectivity index (χ0n) is 13.7. The fourth-order valence-electron chi connectivity index (χ4n) is 2.21. The first-order valence-electron chi connectivity index (χ1n) is 7.60. The molecular formula is C17H25N3O2. The Kier molecular flexibility index (Phi) is 5.57. The Bertz CT molecular complexity index is 578. The molecule has 1 aromatic heterocycles. The van der Waals surface area contributed by atoms with E-state index in [2.05, 4.69) is 31.2 Å². The van der Waals surface area contributed by atoms with Crippen LogP contribution in [0.25, 0.3) is 0 Å². The molecule has 0 saturated heterocycles. The second kappa shape index (κ2) is 7.42. The Morgan fingerprint density at radius 3 is 2.41 bits per heavy atom. The summed E-state index contributed by atoms with van der Waals surface area (Å²) in [4.78, 5) is 0. The Morgan fingerprint density at radius 2 is 1.86 bits per heavy atom.